The van der Waals surface area contributed by atoms with Crippen LogP contribution in [0.2, 0.25) is 0 Å². The molecule has 1 atom stereocenters. The summed E-state index contributed by atoms with van der Waals surface area (Å²) in [4.78, 5) is 35.0. The molecule has 1 aromatic rings. The van der Waals surface area contributed by atoms with Crippen molar-refractivity contribution in [2.45, 2.75) is 51.5 Å². The van der Waals surface area contributed by atoms with E-state index >= 15 is 0 Å². The van der Waals surface area contributed by atoms with Crippen molar-refractivity contribution in [3.8, 4) is 0 Å². The highest BCUT2D eigenvalue weighted by Crippen LogP contribution is 2.08. The van der Waals surface area contributed by atoms with Crippen LogP contribution in [0.5, 0.6) is 0 Å². The first-order chi connectivity index (χ1) is 11.9. The predicted octanol–water partition coefficient (Wildman–Crippen LogP) is 2.02. The number of aliphatic carboxylic acids is 1. The summed E-state index contributed by atoms with van der Waals surface area (Å²) in [6, 6.07) is 4.94. The van der Waals surface area contributed by atoms with Crippen LogP contribution in [0.25, 0.3) is 0 Å². The highest BCUT2D eigenvalue weighted by Gasteiger charge is 2.22. The molecule has 2 amide bonds. The zero-order valence-electron chi connectivity index (χ0n) is 14.4. The van der Waals surface area contributed by atoms with Crippen LogP contribution >= 0.6 is 0 Å². The minimum absolute atomic E-state index is 0.0159. The summed E-state index contributed by atoms with van der Waals surface area (Å²) in [6.45, 7) is 2.51. The van der Waals surface area contributed by atoms with Gasteiger partial charge in [-0.05, 0) is 24.5 Å². The number of carboxylic acid groups (broad SMARTS) is 1. The minimum Gasteiger partial charge on any atom is -0.481 e. The van der Waals surface area contributed by atoms with Crippen LogP contribution in [0.4, 0.5) is 4.39 Å². The highest BCUT2D eigenvalue weighted by atomic mass is 19.1. The maximum atomic E-state index is 13.6. The monoisotopic (exact) mass is 352 g/mol. The molecule has 0 bridgehead atoms. The number of hydrogen-bond donors (Lipinski definition) is 3. The number of halogens is 1. The number of rotatable bonds is 11. The molecule has 0 aliphatic heterocycles. The SMILES string of the molecule is CCCCCNC(=O)[C@H](CCC(=O)O)NC(=O)Cc1ccccc1F. The average molecular weight is 352 g/mol. The molecular weight excluding hydrogens is 327 g/mol. The molecule has 1 aromatic carbocycles. The summed E-state index contributed by atoms with van der Waals surface area (Å²) in [7, 11) is 0. The van der Waals surface area contributed by atoms with E-state index in [0.717, 1.165) is 19.3 Å². The van der Waals surface area contributed by atoms with Gasteiger partial charge in [0.2, 0.25) is 11.8 Å². The molecule has 138 valence electrons. The Labute approximate surface area is 146 Å². The lowest BCUT2D eigenvalue weighted by Gasteiger charge is -2.18. The zero-order valence-corrected chi connectivity index (χ0v) is 14.4. The highest BCUT2D eigenvalue weighted by molar-refractivity contribution is 5.88. The van der Waals surface area contributed by atoms with Gasteiger partial charge in [-0.25, -0.2) is 4.39 Å². The molecule has 3 N–H and O–H groups in total. The van der Waals surface area contributed by atoms with Crippen molar-refractivity contribution >= 4 is 17.8 Å². The third-order valence-electron chi connectivity index (χ3n) is 3.69. The van der Waals surface area contributed by atoms with E-state index in [9.17, 15) is 18.8 Å². The second kappa shape index (κ2) is 11.2. The Bertz CT molecular complexity index is 592. The van der Waals surface area contributed by atoms with Crippen LogP contribution in [0.3, 0.4) is 0 Å². The summed E-state index contributed by atoms with van der Waals surface area (Å²) in [5, 5.41) is 14.0. The van der Waals surface area contributed by atoms with Crippen molar-refractivity contribution in [3.63, 3.8) is 0 Å². The lowest BCUT2D eigenvalue weighted by molar-refractivity contribution is -0.138. The maximum absolute atomic E-state index is 13.6. The Kier molecular flexibility index (Phi) is 9.21. The summed E-state index contributed by atoms with van der Waals surface area (Å²) in [5.74, 6) is -2.49. The Hall–Kier alpha value is -2.44. The maximum Gasteiger partial charge on any atom is 0.303 e. The van der Waals surface area contributed by atoms with Gasteiger partial charge in [-0.1, -0.05) is 38.0 Å². The van der Waals surface area contributed by atoms with Crippen molar-refractivity contribution in [2.75, 3.05) is 6.54 Å². The number of unbranched alkanes of at least 4 members (excludes halogenated alkanes) is 2. The molecule has 6 nitrogen and oxygen atoms in total. The van der Waals surface area contributed by atoms with Crippen molar-refractivity contribution in [1.29, 1.82) is 0 Å². The number of carbonyl (C=O) groups excluding carboxylic acids is 2. The first kappa shape index (κ1) is 20.6. The van der Waals surface area contributed by atoms with Gasteiger partial charge < -0.3 is 15.7 Å². The third kappa shape index (κ3) is 8.28. The summed E-state index contributed by atoms with van der Waals surface area (Å²) >= 11 is 0. The second-order valence-electron chi connectivity index (χ2n) is 5.82. The van der Waals surface area contributed by atoms with Gasteiger partial charge in [-0.3, -0.25) is 14.4 Å². The van der Waals surface area contributed by atoms with Crippen molar-refractivity contribution in [1.82, 2.24) is 10.6 Å². The molecule has 0 saturated carbocycles. The first-order valence-electron chi connectivity index (χ1n) is 8.46. The van der Waals surface area contributed by atoms with Crippen LogP contribution in [0.15, 0.2) is 24.3 Å². The number of benzene rings is 1. The molecule has 0 aliphatic rings. The largest absolute Gasteiger partial charge is 0.481 e. The van der Waals surface area contributed by atoms with Crippen LogP contribution < -0.4 is 10.6 Å². The van der Waals surface area contributed by atoms with E-state index < -0.39 is 29.6 Å². The van der Waals surface area contributed by atoms with Gasteiger partial charge in [-0.2, -0.15) is 0 Å². The molecule has 1 rings (SSSR count). The molecule has 0 unspecified atom stereocenters. The van der Waals surface area contributed by atoms with Crippen LogP contribution in [0.1, 0.15) is 44.6 Å². The topological polar surface area (TPSA) is 95.5 Å². The van der Waals surface area contributed by atoms with Crippen LogP contribution in [0, 0.1) is 5.82 Å². The fourth-order valence-corrected chi connectivity index (χ4v) is 2.31. The summed E-state index contributed by atoms with van der Waals surface area (Å²) in [5.41, 5.74) is 0.223. The number of amides is 2. The van der Waals surface area contributed by atoms with Crippen LogP contribution in [-0.4, -0.2) is 35.5 Å². The first-order valence-corrected chi connectivity index (χ1v) is 8.46. The van der Waals surface area contributed by atoms with Gasteiger partial charge in [0.05, 0.1) is 6.42 Å². The van der Waals surface area contributed by atoms with Gasteiger partial charge in [0.15, 0.2) is 0 Å². The Morgan fingerprint density at radius 1 is 1.20 bits per heavy atom. The van der Waals surface area contributed by atoms with E-state index in [1.54, 1.807) is 6.07 Å². The fourth-order valence-electron chi connectivity index (χ4n) is 2.31. The molecule has 7 heteroatoms. The van der Waals surface area contributed by atoms with Gasteiger partial charge in [0.1, 0.15) is 11.9 Å². The van der Waals surface area contributed by atoms with E-state index in [0.29, 0.717) is 6.54 Å². The molecule has 0 aliphatic carbocycles. The normalized spacial score (nSPS) is 11.6. The molecular formula is C18H25FN2O4. The standard InChI is InChI=1S/C18H25FN2O4/c1-2-3-6-11-20-18(25)15(9-10-17(23)24)21-16(22)12-13-7-4-5-8-14(13)19/h4-5,7-8,15H,2-3,6,9-12H2,1H3,(H,20,25)(H,21,22)(H,23,24)/t15-/m0/s1. The predicted molar refractivity (Wildman–Crippen MR) is 91.4 cm³/mol. The lowest BCUT2D eigenvalue weighted by atomic mass is 10.1. The van der Waals surface area contributed by atoms with E-state index in [4.69, 9.17) is 5.11 Å². The molecule has 0 fully saturated rings. The number of carbonyl (C=O) groups is 3. The number of carboxylic acids is 1. The van der Waals surface area contributed by atoms with E-state index in [2.05, 4.69) is 10.6 Å². The molecule has 0 heterocycles. The quantitative estimate of drug-likeness (QED) is 0.531. The zero-order chi connectivity index (χ0) is 18.7. The molecule has 0 saturated heterocycles. The minimum atomic E-state index is -1.05. The summed E-state index contributed by atoms with van der Waals surface area (Å²) < 4.78 is 13.6. The molecule has 0 aromatic heterocycles. The second-order valence-corrected chi connectivity index (χ2v) is 5.82. The summed E-state index contributed by atoms with van der Waals surface area (Å²) in [6.07, 6.45) is 2.33. The Morgan fingerprint density at radius 2 is 1.92 bits per heavy atom. The average Bonchev–Trinajstić information content (AvgIpc) is 2.57. The van der Waals surface area contributed by atoms with E-state index in [1.165, 1.54) is 18.2 Å². The fraction of sp³-hybridized carbons (Fsp3) is 0.500. The molecule has 0 spiro atoms. The van der Waals surface area contributed by atoms with Crippen molar-refractivity contribution < 1.29 is 23.9 Å². The smallest absolute Gasteiger partial charge is 0.303 e. The Morgan fingerprint density at radius 3 is 2.56 bits per heavy atom. The number of nitrogens with one attached hydrogen (secondary N) is 2. The van der Waals surface area contributed by atoms with Gasteiger partial charge in [0.25, 0.3) is 0 Å². The van der Waals surface area contributed by atoms with E-state index in [1.807, 2.05) is 6.92 Å². The van der Waals surface area contributed by atoms with Gasteiger partial charge in [0, 0.05) is 13.0 Å². The van der Waals surface area contributed by atoms with Crippen molar-refractivity contribution in [2.24, 2.45) is 0 Å². The van der Waals surface area contributed by atoms with Gasteiger partial charge >= 0.3 is 5.97 Å². The lowest BCUT2D eigenvalue weighted by Crippen LogP contribution is -2.47. The molecule has 25 heavy (non-hydrogen) atoms. The third-order valence-corrected chi connectivity index (χ3v) is 3.69. The Balaban J connectivity index is 2.61. The van der Waals surface area contributed by atoms with E-state index in [-0.39, 0.29) is 24.8 Å². The van der Waals surface area contributed by atoms with Crippen LogP contribution in [-0.2, 0) is 20.8 Å². The van der Waals surface area contributed by atoms with Gasteiger partial charge in [-0.15, -0.1) is 0 Å². The number of hydrogen-bond acceptors (Lipinski definition) is 3. The molecule has 0 radical (unpaired) electrons. The van der Waals surface area contributed by atoms with Crippen molar-refractivity contribution in [3.05, 3.63) is 35.6 Å².